The van der Waals surface area contributed by atoms with Crippen molar-refractivity contribution in [1.29, 1.82) is 0 Å². The Morgan fingerprint density at radius 3 is 2.81 bits per heavy atom. The van der Waals surface area contributed by atoms with Gasteiger partial charge in [0, 0.05) is 18.8 Å². The molecule has 0 aromatic heterocycles. The van der Waals surface area contributed by atoms with Gasteiger partial charge in [-0.25, -0.2) is 4.39 Å². The second-order valence-electron chi connectivity index (χ2n) is 4.44. The van der Waals surface area contributed by atoms with Crippen molar-refractivity contribution >= 4 is 0 Å². The molecule has 1 aromatic rings. The maximum Gasteiger partial charge on any atom is 0.178 e. The second kappa shape index (κ2) is 4.70. The minimum atomic E-state index is -1.24. The van der Waals surface area contributed by atoms with Crippen LogP contribution in [0, 0.1) is 11.8 Å². The van der Waals surface area contributed by atoms with Crippen LogP contribution in [0.3, 0.4) is 0 Å². The van der Waals surface area contributed by atoms with E-state index in [0.717, 1.165) is 24.8 Å². The van der Waals surface area contributed by atoms with Crippen LogP contribution >= 0.6 is 0 Å². The number of unbranched alkanes of at least 4 members (excludes halogenated alkanes) is 2. The summed E-state index contributed by atoms with van der Waals surface area (Å²) in [6.07, 6.45) is 3.58. The van der Waals surface area contributed by atoms with Gasteiger partial charge in [0.1, 0.15) is 0 Å². The molecule has 0 radical (unpaired) electrons. The van der Waals surface area contributed by atoms with Crippen LogP contribution in [0.2, 0.25) is 0 Å². The quantitative estimate of drug-likeness (QED) is 0.527. The van der Waals surface area contributed by atoms with Crippen molar-refractivity contribution in [2.45, 2.75) is 44.2 Å². The molecule has 0 saturated heterocycles. The predicted octanol–water partition coefficient (Wildman–Crippen LogP) is 4.08. The highest BCUT2D eigenvalue weighted by atomic mass is 19.1. The molecular formula is C15H17F. The van der Waals surface area contributed by atoms with Crippen molar-refractivity contribution in [2.75, 3.05) is 0 Å². The molecule has 1 heteroatoms. The number of rotatable bonds is 3. The number of hydrogen-bond acceptors (Lipinski definition) is 0. The molecule has 84 valence electrons. The summed E-state index contributed by atoms with van der Waals surface area (Å²) >= 11 is 0. The van der Waals surface area contributed by atoms with E-state index < -0.39 is 5.67 Å². The molecule has 1 aliphatic rings. The van der Waals surface area contributed by atoms with Crippen molar-refractivity contribution < 1.29 is 4.39 Å². The lowest BCUT2D eigenvalue weighted by Gasteiger charge is -1.99. The fourth-order valence-corrected chi connectivity index (χ4v) is 1.92. The summed E-state index contributed by atoms with van der Waals surface area (Å²) in [5.74, 6) is 5.77. The number of hydrogen-bond donors (Lipinski definition) is 0. The van der Waals surface area contributed by atoms with Gasteiger partial charge in [-0.3, -0.25) is 0 Å². The van der Waals surface area contributed by atoms with Gasteiger partial charge in [0.05, 0.1) is 0 Å². The first-order chi connectivity index (χ1) is 7.76. The summed E-state index contributed by atoms with van der Waals surface area (Å²) < 4.78 is 14.1. The van der Waals surface area contributed by atoms with E-state index in [2.05, 4.69) is 18.8 Å². The highest BCUT2D eigenvalue weighted by molar-refractivity contribution is 5.39. The molecule has 0 bridgehead atoms. The van der Waals surface area contributed by atoms with Crippen LogP contribution in [-0.4, -0.2) is 5.67 Å². The van der Waals surface area contributed by atoms with E-state index in [0.29, 0.717) is 6.42 Å². The lowest BCUT2D eigenvalue weighted by atomic mass is 10.1. The summed E-state index contributed by atoms with van der Waals surface area (Å²) in [5, 5.41) is 0. The fourth-order valence-electron chi connectivity index (χ4n) is 1.92. The van der Waals surface area contributed by atoms with Crippen LogP contribution in [0.25, 0.3) is 0 Å². The first-order valence-electron chi connectivity index (χ1n) is 6.00. The van der Waals surface area contributed by atoms with E-state index in [1.54, 1.807) is 0 Å². The molecule has 0 amide bonds. The van der Waals surface area contributed by atoms with E-state index in [9.17, 15) is 4.39 Å². The van der Waals surface area contributed by atoms with Crippen LogP contribution in [0.4, 0.5) is 4.39 Å². The van der Waals surface area contributed by atoms with Crippen LogP contribution in [-0.2, 0) is 0 Å². The highest BCUT2D eigenvalue weighted by Crippen LogP contribution is 2.54. The molecule has 0 aliphatic heterocycles. The van der Waals surface area contributed by atoms with Gasteiger partial charge in [0.25, 0.3) is 0 Å². The summed E-state index contributed by atoms with van der Waals surface area (Å²) in [5.41, 5.74) is -0.162. The van der Waals surface area contributed by atoms with Crippen LogP contribution in [0.5, 0.6) is 0 Å². The highest BCUT2D eigenvalue weighted by Gasteiger charge is 2.55. The van der Waals surface area contributed by atoms with Crippen molar-refractivity contribution in [3.63, 3.8) is 0 Å². The number of benzene rings is 1. The molecule has 1 saturated carbocycles. The van der Waals surface area contributed by atoms with Gasteiger partial charge >= 0.3 is 0 Å². The Kier molecular flexibility index (Phi) is 3.29. The molecule has 0 heterocycles. The third kappa shape index (κ3) is 2.44. The number of halogens is 1. The molecule has 1 fully saturated rings. The van der Waals surface area contributed by atoms with E-state index in [-0.39, 0.29) is 5.92 Å². The zero-order chi connectivity index (χ0) is 11.4. The van der Waals surface area contributed by atoms with E-state index in [4.69, 9.17) is 0 Å². The maximum atomic E-state index is 14.1. The Balaban J connectivity index is 1.95. The van der Waals surface area contributed by atoms with Gasteiger partial charge in [-0.15, -0.1) is 0 Å². The van der Waals surface area contributed by atoms with Crippen LogP contribution < -0.4 is 0 Å². The third-order valence-corrected chi connectivity index (χ3v) is 3.05. The second-order valence-corrected chi connectivity index (χ2v) is 4.44. The third-order valence-electron chi connectivity index (χ3n) is 3.05. The zero-order valence-electron chi connectivity index (χ0n) is 9.67. The average molecular weight is 216 g/mol. The van der Waals surface area contributed by atoms with E-state index >= 15 is 0 Å². The molecule has 1 aliphatic carbocycles. The SMILES string of the molecule is CCCCC#C[C@]1(F)C[C@H]1c1ccccc1. The largest absolute Gasteiger partial charge is 0.229 e. The molecule has 16 heavy (non-hydrogen) atoms. The standard InChI is InChI=1S/C15H17F/c1-2-3-4-8-11-15(16)12-14(15)13-9-6-5-7-10-13/h5-7,9-10,14H,2-4,12H2,1H3/t14-,15-/m0/s1. The fraction of sp³-hybridized carbons (Fsp3) is 0.467. The monoisotopic (exact) mass is 216 g/mol. The van der Waals surface area contributed by atoms with Crippen molar-refractivity contribution in [3.8, 4) is 11.8 Å². The summed E-state index contributed by atoms with van der Waals surface area (Å²) in [6, 6.07) is 9.84. The Hall–Kier alpha value is -1.29. The average Bonchev–Trinajstić information content (AvgIpc) is 2.99. The Morgan fingerprint density at radius 2 is 2.12 bits per heavy atom. The van der Waals surface area contributed by atoms with Crippen molar-refractivity contribution in [3.05, 3.63) is 35.9 Å². The van der Waals surface area contributed by atoms with E-state index in [1.165, 1.54) is 0 Å². The lowest BCUT2D eigenvalue weighted by molar-refractivity contribution is 0.382. The van der Waals surface area contributed by atoms with Gasteiger partial charge in [0.2, 0.25) is 0 Å². The van der Waals surface area contributed by atoms with Gasteiger partial charge in [-0.1, -0.05) is 55.5 Å². The van der Waals surface area contributed by atoms with Crippen LogP contribution in [0.1, 0.15) is 44.1 Å². The number of alkyl halides is 1. The smallest absolute Gasteiger partial charge is 0.178 e. The molecule has 0 N–H and O–H groups in total. The van der Waals surface area contributed by atoms with Gasteiger partial charge in [-0.2, -0.15) is 0 Å². The first-order valence-corrected chi connectivity index (χ1v) is 6.00. The maximum absolute atomic E-state index is 14.1. The van der Waals surface area contributed by atoms with Gasteiger partial charge in [-0.05, 0) is 12.0 Å². The molecular weight excluding hydrogens is 199 g/mol. The summed E-state index contributed by atoms with van der Waals surface area (Å²) in [6.45, 7) is 2.12. The Bertz CT molecular complexity index is 398. The van der Waals surface area contributed by atoms with Crippen LogP contribution in [0.15, 0.2) is 30.3 Å². The van der Waals surface area contributed by atoms with E-state index in [1.807, 2.05) is 30.3 Å². The lowest BCUT2D eigenvalue weighted by Crippen LogP contribution is -1.98. The summed E-state index contributed by atoms with van der Waals surface area (Å²) in [7, 11) is 0. The first kappa shape index (κ1) is 11.2. The Labute approximate surface area is 96.9 Å². The van der Waals surface area contributed by atoms with Crippen molar-refractivity contribution in [2.24, 2.45) is 0 Å². The molecule has 0 spiro atoms. The van der Waals surface area contributed by atoms with Gasteiger partial charge in [0.15, 0.2) is 5.67 Å². The molecule has 1 aromatic carbocycles. The molecule has 2 atom stereocenters. The normalized spacial score (nSPS) is 27.0. The molecule has 2 rings (SSSR count). The Morgan fingerprint density at radius 1 is 1.38 bits per heavy atom. The zero-order valence-corrected chi connectivity index (χ0v) is 9.67. The predicted molar refractivity (Wildman–Crippen MR) is 64.9 cm³/mol. The molecule has 0 unspecified atom stereocenters. The minimum Gasteiger partial charge on any atom is -0.229 e. The minimum absolute atomic E-state index is 0.00262. The summed E-state index contributed by atoms with van der Waals surface area (Å²) in [4.78, 5) is 0. The van der Waals surface area contributed by atoms with Gasteiger partial charge < -0.3 is 0 Å². The topological polar surface area (TPSA) is 0 Å². The molecule has 0 nitrogen and oxygen atoms in total. The van der Waals surface area contributed by atoms with Crippen molar-refractivity contribution in [1.82, 2.24) is 0 Å².